The van der Waals surface area contributed by atoms with Crippen LogP contribution in [0.5, 0.6) is 0 Å². The van der Waals surface area contributed by atoms with Gasteiger partial charge in [0.2, 0.25) is 0 Å². The molecule has 1 aromatic rings. The number of aliphatic hydroxyl groups is 1. The van der Waals surface area contributed by atoms with E-state index >= 15 is 0 Å². The lowest BCUT2D eigenvalue weighted by molar-refractivity contribution is -0.146. The number of carboxylic acid groups (broad SMARTS) is 1. The summed E-state index contributed by atoms with van der Waals surface area (Å²) in [6.45, 7) is 0. The minimum Gasteiger partial charge on any atom is -0.479 e. The van der Waals surface area contributed by atoms with Crippen LogP contribution in [0.2, 0.25) is 0 Å². The highest BCUT2D eigenvalue weighted by Gasteiger charge is 2.16. The van der Waals surface area contributed by atoms with Gasteiger partial charge in [-0.2, -0.15) is 0 Å². The zero-order valence-electron chi connectivity index (χ0n) is 9.20. The molecule has 0 fully saturated rings. The van der Waals surface area contributed by atoms with Gasteiger partial charge in [0.15, 0.2) is 6.10 Å². The summed E-state index contributed by atoms with van der Waals surface area (Å²) < 4.78 is 0. The molecule has 0 heterocycles. The van der Waals surface area contributed by atoms with Gasteiger partial charge in [0.05, 0.1) is 0 Å². The Morgan fingerprint density at radius 1 is 1.24 bits per heavy atom. The Kier molecular flexibility index (Phi) is 6.16. The van der Waals surface area contributed by atoms with Crippen molar-refractivity contribution in [1.29, 1.82) is 0 Å². The predicted octanol–water partition coefficient (Wildman–Crippen LogP) is 3.03. The van der Waals surface area contributed by atoms with Gasteiger partial charge < -0.3 is 10.2 Å². The number of aliphatic hydroxyl groups excluding tert-OH is 1. The fraction of sp³-hybridized carbons (Fsp3) is 0.417. The molecule has 0 saturated carbocycles. The molecule has 5 heteroatoms. The van der Waals surface area contributed by atoms with Gasteiger partial charge in [-0.1, -0.05) is 50.1 Å². The third-order valence-corrected chi connectivity index (χ3v) is 3.59. The second-order valence-electron chi connectivity index (χ2n) is 3.75. The van der Waals surface area contributed by atoms with Crippen LogP contribution in [0, 0.1) is 0 Å². The van der Waals surface area contributed by atoms with Crippen molar-refractivity contribution in [2.24, 2.45) is 0 Å². The topological polar surface area (TPSA) is 57.5 Å². The molecule has 3 nitrogen and oxygen atoms in total. The number of halogens is 2. The van der Waals surface area contributed by atoms with Crippen LogP contribution in [-0.2, 0) is 16.5 Å². The lowest BCUT2D eigenvalue weighted by Gasteiger charge is -2.10. The summed E-state index contributed by atoms with van der Waals surface area (Å²) in [6, 6.07) is 5.49. The molecule has 0 bridgehead atoms. The minimum absolute atomic E-state index is 0.444. The van der Waals surface area contributed by atoms with Crippen molar-refractivity contribution < 1.29 is 15.0 Å². The number of carbonyl (C=O) groups is 1. The van der Waals surface area contributed by atoms with E-state index in [0.717, 1.165) is 29.3 Å². The largest absolute Gasteiger partial charge is 0.479 e. The third kappa shape index (κ3) is 4.41. The average Bonchev–Trinajstić information content (AvgIpc) is 2.34. The van der Waals surface area contributed by atoms with Crippen LogP contribution in [0.1, 0.15) is 29.2 Å². The first kappa shape index (κ1) is 14.7. The van der Waals surface area contributed by atoms with Crippen molar-refractivity contribution >= 4 is 37.8 Å². The molecule has 94 valence electrons. The normalized spacial score (nSPS) is 12.4. The van der Waals surface area contributed by atoms with Crippen molar-refractivity contribution in [2.45, 2.75) is 24.3 Å². The van der Waals surface area contributed by atoms with E-state index in [9.17, 15) is 9.90 Å². The summed E-state index contributed by atoms with van der Waals surface area (Å²) in [6.07, 6.45) is 0.400. The fourth-order valence-electron chi connectivity index (χ4n) is 1.58. The van der Waals surface area contributed by atoms with Crippen LogP contribution >= 0.6 is 31.9 Å². The maximum absolute atomic E-state index is 10.8. The van der Waals surface area contributed by atoms with E-state index in [1.54, 1.807) is 12.1 Å². The first-order valence-electron chi connectivity index (χ1n) is 5.24. The molecule has 0 aromatic heterocycles. The lowest BCUT2D eigenvalue weighted by atomic mass is 10.00. The van der Waals surface area contributed by atoms with Crippen molar-refractivity contribution in [2.75, 3.05) is 5.33 Å². The smallest absolute Gasteiger partial charge is 0.337 e. The molecule has 1 unspecified atom stereocenters. The molecule has 0 spiro atoms. The van der Waals surface area contributed by atoms with Gasteiger partial charge in [-0.15, -0.1) is 0 Å². The monoisotopic (exact) mass is 364 g/mol. The van der Waals surface area contributed by atoms with E-state index in [-0.39, 0.29) is 0 Å². The van der Waals surface area contributed by atoms with Crippen molar-refractivity contribution in [1.82, 2.24) is 0 Å². The second-order valence-corrected chi connectivity index (χ2v) is 5.10. The SMILES string of the molecule is O=C(O)C(O)c1cc(CBr)cc(CCCBr)c1. The molecule has 0 aliphatic rings. The summed E-state index contributed by atoms with van der Waals surface area (Å²) in [5, 5.41) is 19.9. The number of aryl methyl sites for hydroxylation is 1. The van der Waals surface area contributed by atoms with Crippen LogP contribution in [0.3, 0.4) is 0 Å². The standard InChI is InChI=1S/C12H14Br2O3/c13-3-1-2-8-4-9(7-14)6-10(5-8)11(15)12(16)17/h4-6,11,15H,1-3,7H2,(H,16,17). The van der Waals surface area contributed by atoms with Crippen molar-refractivity contribution in [3.63, 3.8) is 0 Å². The third-order valence-electron chi connectivity index (χ3n) is 2.38. The zero-order valence-corrected chi connectivity index (χ0v) is 12.4. The van der Waals surface area contributed by atoms with Gasteiger partial charge in [-0.05, 0) is 29.5 Å². The summed E-state index contributed by atoms with van der Waals surface area (Å²) in [5.41, 5.74) is 2.48. The molecule has 1 aromatic carbocycles. The second kappa shape index (κ2) is 7.13. The highest BCUT2D eigenvalue weighted by molar-refractivity contribution is 9.09. The summed E-state index contributed by atoms with van der Waals surface area (Å²) in [4.78, 5) is 10.8. The Morgan fingerprint density at radius 3 is 2.41 bits per heavy atom. The van der Waals surface area contributed by atoms with Gasteiger partial charge in [0.1, 0.15) is 0 Å². The fourth-order valence-corrected chi connectivity index (χ4v) is 2.19. The number of alkyl halides is 2. The maximum Gasteiger partial charge on any atom is 0.337 e. The van der Waals surface area contributed by atoms with Crippen LogP contribution in [0.25, 0.3) is 0 Å². The number of carboxylic acids is 1. The first-order chi connectivity index (χ1) is 8.08. The van der Waals surface area contributed by atoms with Crippen LogP contribution in [0.4, 0.5) is 0 Å². The molecular weight excluding hydrogens is 352 g/mol. The Bertz CT molecular complexity index is 393. The molecule has 17 heavy (non-hydrogen) atoms. The highest BCUT2D eigenvalue weighted by Crippen LogP contribution is 2.20. The quantitative estimate of drug-likeness (QED) is 0.762. The Hall–Kier alpha value is -0.390. The zero-order chi connectivity index (χ0) is 12.8. The minimum atomic E-state index is -1.45. The Balaban J connectivity index is 3.00. The molecule has 0 aliphatic heterocycles. The summed E-state index contributed by atoms with van der Waals surface area (Å²) in [7, 11) is 0. The van der Waals surface area contributed by atoms with Crippen LogP contribution in [0.15, 0.2) is 18.2 Å². The van der Waals surface area contributed by atoms with Gasteiger partial charge >= 0.3 is 5.97 Å². The molecule has 1 atom stereocenters. The molecule has 1 rings (SSSR count). The highest BCUT2D eigenvalue weighted by atomic mass is 79.9. The number of rotatable bonds is 6. The molecule has 0 saturated heterocycles. The van der Waals surface area contributed by atoms with E-state index in [2.05, 4.69) is 31.9 Å². The molecule has 0 radical (unpaired) electrons. The van der Waals surface area contributed by atoms with E-state index in [1.807, 2.05) is 6.07 Å². The van der Waals surface area contributed by atoms with E-state index in [4.69, 9.17) is 5.11 Å². The lowest BCUT2D eigenvalue weighted by Crippen LogP contribution is -2.11. The Labute approximate surface area is 117 Å². The van der Waals surface area contributed by atoms with Gasteiger partial charge in [0, 0.05) is 10.7 Å². The predicted molar refractivity (Wildman–Crippen MR) is 73.8 cm³/mol. The first-order valence-corrected chi connectivity index (χ1v) is 7.48. The van der Waals surface area contributed by atoms with E-state index < -0.39 is 12.1 Å². The van der Waals surface area contributed by atoms with Gasteiger partial charge in [-0.25, -0.2) is 4.79 Å². The number of benzene rings is 1. The van der Waals surface area contributed by atoms with Gasteiger partial charge in [-0.3, -0.25) is 0 Å². The molecule has 2 N–H and O–H groups in total. The van der Waals surface area contributed by atoms with Gasteiger partial charge in [0.25, 0.3) is 0 Å². The van der Waals surface area contributed by atoms with Crippen molar-refractivity contribution in [3.05, 3.63) is 34.9 Å². The van der Waals surface area contributed by atoms with E-state index in [0.29, 0.717) is 10.9 Å². The van der Waals surface area contributed by atoms with Crippen molar-refractivity contribution in [3.8, 4) is 0 Å². The average molecular weight is 366 g/mol. The molecule has 0 amide bonds. The van der Waals surface area contributed by atoms with Crippen LogP contribution < -0.4 is 0 Å². The van der Waals surface area contributed by atoms with Crippen LogP contribution in [-0.4, -0.2) is 21.5 Å². The number of hydrogen-bond acceptors (Lipinski definition) is 2. The molecular formula is C12H14Br2O3. The summed E-state index contributed by atoms with van der Waals surface area (Å²) in [5.74, 6) is -1.22. The summed E-state index contributed by atoms with van der Waals surface area (Å²) >= 11 is 6.70. The maximum atomic E-state index is 10.8. The Morgan fingerprint density at radius 2 is 1.88 bits per heavy atom. The van der Waals surface area contributed by atoms with E-state index in [1.165, 1.54) is 0 Å². The number of hydrogen-bond donors (Lipinski definition) is 2. The molecule has 0 aliphatic carbocycles. The number of aliphatic carboxylic acids is 1.